The minimum absolute atomic E-state index is 0.102. The van der Waals surface area contributed by atoms with Crippen LogP contribution in [0.15, 0.2) is 24.5 Å². The van der Waals surface area contributed by atoms with Crippen molar-refractivity contribution < 1.29 is 4.39 Å². The Labute approximate surface area is 112 Å². The molecular weight excluding hydrogens is 243 g/mol. The topological polar surface area (TPSA) is 42.7 Å². The first-order valence-corrected chi connectivity index (χ1v) is 6.45. The van der Waals surface area contributed by atoms with E-state index in [-0.39, 0.29) is 11.9 Å². The summed E-state index contributed by atoms with van der Waals surface area (Å²) < 4.78 is 15.8. The fourth-order valence-corrected chi connectivity index (χ4v) is 2.19. The van der Waals surface area contributed by atoms with Crippen LogP contribution in [0.5, 0.6) is 0 Å². The third kappa shape index (κ3) is 2.98. The number of aromatic nitrogens is 3. The van der Waals surface area contributed by atoms with Crippen LogP contribution < -0.4 is 5.32 Å². The summed E-state index contributed by atoms with van der Waals surface area (Å²) in [5.41, 5.74) is 1.72. The molecule has 0 saturated carbocycles. The van der Waals surface area contributed by atoms with Crippen LogP contribution in [0.2, 0.25) is 0 Å². The molecule has 1 aromatic carbocycles. The van der Waals surface area contributed by atoms with Gasteiger partial charge in [-0.15, -0.1) is 0 Å². The molecule has 102 valence electrons. The zero-order valence-corrected chi connectivity index (χ0v) is 11.5. The van der Waals surface area contributed by atoms with Crippen molar-refractivity contribution in [2.24, 2.45) is 0 Å². The van der Waals surface area contributed by atoms with Gasteiger partial charge in [-0.25, -0.2) is 9.37 Å². The SMILES string of the molecule is CCn1ncnc1CC(NC)c1cc(C)ccc1F. The van der Waals surface area contributed by atoms with Crippen molar-refractivity contribution in [2.75, 3.05) is 7.05 Å². The summed E-state index contributed by atoms with van der Waals surface area (Å²) in [7, 11) is 1.83. The van der Waals surface area contributed by atoms with Gasteiger partial charge in [0.2, 0.25) is 0 Å². The second-order valence-corrected chi connectivity index (χ2v) is 4.56. The molecule has 1 unspecified atom stereocenters. The summed E-state index contributed by atoms with van der Waals surface area (Å²) in [5, 5.41) is 7.29. The van der Waals surface area contributed by atoms with Crippen LogP contribution >= 0.6 is 0 Å². The van der Waals surface area contributed by atoms with Gasteiger partial charge in [0, 0.05) is 24.6 Å². The number of likely N-dealkylation sites (N-methyl/N-ethyl adjacent to an activating group) is 1. The minimum atomic E-state index is -0.187. The van der Waals surface area contributed by atoms with Gasteiger partial charge in [0.1, 0.15) is 18.0 Å². The Morgan fingerprint density at radius 2 is 2.21 bits per heavy atom. The fourth-order valence-electron chi connectivity index (χ4n) is 2.19. The van der Waals surface area contributed by atoms with Crippen molar-refractivity contribution in [2.45, 2.75) is 32.9 Å². The molecule has 0 aliphatic carbocycles. The molecule has 2 rings (SSSR count). The van der Waals surface area contributed by atoms with Crippen molar-refractivity contribution >= 4 is 0 Å². The number of halogens is 1. The van der Waals surface area contributed by atoms with E-state index in [1.807, 2.05) is 31.6 Å². The van der Waals surface area contributed by atoms with Crippen molar-refractivity contribution in [1.29, 1.82) is 0 Å². The summed E-state index contributed by atoms with van der Waals surface area (Å²) >= 11 is 0. The Bertz CT molecular complexity index is 550. The van der Waals surface area contributed by atoms with E-state index in [1.165, 1.54) is 12.4 Å². The van der Waals surface area contributed by atoms with Crippen LogP contribution in [0.25, 0.3) is 0 Å². The highest BCUT2D eigenvalue weighted by atomic mass is 19.1. The summed E-state index contributed by atoms with van der Waals surface area (Å²) in [5.74, 6) is 0.676. The maximum absolute atomic E-state index is 13.9. The third-order valence-corrected chi connectivity index (χ3v) is 3.26. The maximum Gasteiger partial charge on any atom is 0.138 e. The highest BCUT2D eigenvalue weighted by molar-refractivity contribution is 5.27. The first-order valence-electron chi connectivity index (χ1n) is 6.45. The highest BCUT2D eigenvalue weighted by Crippen LogP contribution is 2.21. The number of aryl methyl sites for hydroxylation is 2. The number of nitrogens with one attached hydrogen (secondary N) is 1. The first-order chi connectivity index (χ1) is 9.15. The average molecular weight is 262 g/mol. The largest absolute Gasteiger partial charge is 0.313 e. The Morgan fingerprint density at radius 1 is 1.42 bits per heavy atom. The monoisotopic (exact) mass is 262 g/mol. The smallest absolute Gasteiger partial charge is 0.138 e. The fraction of sp³-hybridized carbons (Fsp3) is 0.429. The van der Waals surface area contributed by atoms with Gasteiger partial charge in [-0.3, -0.25) is 4.68 Å². The van der Waals surface area contributed by atoms with Crippen LogP contribution in [0.1, 0.15) is 29.9 Å². The molecule has 0 amide bonds. The predicted octanol–water partition coefficient (Wildman–Crippen LogP) is 2.25. The molecule has 1 N–H and O–H groups in total. The van der Waals surface area contributed by atoms with Gasteiger partial charge >= 0.3 is 0 Å². The highest BCUT2D eigenvalue weighted by Gasteiger charge is 2.17. The predicted molar refractivity (Wildman–Crippen MR) is 72.3 cm³/mol. The average Bonchev–Trinajstić information content (AvgIpc) is 2.86. The zero-order chi connectivity index (χ0) is 13.8. The van der Waals surface area contributed by atoms with Gasteiger partial charge in [-0.2, -0.15) is 5.10 Å². The molecule has 1 atom stereocenters. The number of nitrogens with zero attached hydrogens (tertiary/aromatic N) is 3. The van der Waals surface area contributed by atoms with Crippen LogP contribution in [-0.4, -0.2) is 21.8 Å². The minimum Gasteiger partial charge on any atom is -0.313 e. The van der Waals surface area contributed by atoms with Crippen molar-refractivity contribution in [3.63, 3.8) is 0 Å². The van der Waals surface area contributed by atoms with E-state index in [2.05, 4.69) is 15.4 Å². The normalized spacial score (nSPS) is 12.6. The zero-order valence-electron chi connectivity index (χ0n) is 11.5. The van der Waals surface area contributed by atoms with E-state index in [1.54, 1.807) is 6.07 Å². The molecule has 0 spiro atoms. The first kappa shape index (κ1) is 13.7. The Hall–Kier alpha value is -1.75. The van der Waals surface area contributed by atoms with E-state index < -0.39 is 0 Å². The molecule has 0 aliphatic heterocycles. The van der Waals surface area contributed by atoms with Crippen LogP contribution in [-0.2, 0) is 13.0 Å². The van der Waals surface area contributed by atoms with Gasteiger partial charge in [0.15, 0.2) is 0 Å². The van der Waals surface area contributed by atoms with Gasteiger partial charge in [-0.1, -0.05) is 17.7 Å². The molecule has 0 aliphatic rings. The van der Waals surface area contributed by atoms with Crippen molar-refractivity contribution in [3.05, 3.63) is 47.3 Å². The van der Waals surface area contributed by atoms with Gasteiger partial charge in [0.05, 0.1) is 0 Å². The van der Waals surface area contributed by atoms with Crippen LogP contribution in [0, 0.1) is 12.7 Å². The molecular formula is C14H19FN4. The summed E-state index contributed by atoms with van der Waals surface area (Å²) in [6, 6.07) is 5.07. The van der Waals surface area contributed by atoms with E-state index in [0.29, 0.717) is 12.0 Å². The summed E-state index contributed by atoms with van der Waals surface area (Å²) in [6.07, 6.45) is 2.16. The Morgan fingerprint density at radius 3 is 2.89 bits per heavy atom. The standard InChI is InChI=1S/C14H19FN4/c1-4-19-14(17-9-18-19)8-13(16-3)11-7-10(2)5-6-12(11)15/h5-7,9,13,16H,4,8H2,1-3H3. The van der Waals surface area contributed by atoms with Crippen molar-refractivity contribution in [1.82, 2.24) is 20.1 Å². The third-order valence-electron chi connectivity index (χ3n) is 3.26. The van der Waals surface area contributed by atoms with Crippen LogP contribution in [0.4, 0.5) is 4.39 Å². The maximum atomic E-state index is 13.9. The molecule has 1 aromatic heterocycles. The lowest BCUT2D eigenvalue weighted by Crippen LogP contribution is -2.22. The van der Waals surface area contributed by atoms with E-state index in [4.69, 9.17) is 0 Å². The molecule has 0 radical (unpaired) electrons. The quantitative estimate of drug-likeness (QED) is 0.898. The Kier molecular flexibility index (Phi) is 4.27. The number of hydrogen-bond acceptors (Lipinski definition) is 3. The second-order valence-electron chi connectivity index (χ2n) is 4.56. The molecule has 0 fully saturated rings. The van der Waals surface area contributed by atoms with Gasteiger partial charge < -0.3 is 5.32 Å². The lowest BCUT2D eigenvalue weighted by Gasteiger charge is -2.17. The Balaban J connectivity index is 2.27. The van der Waals surface area contributed by atoms with Crippen molar-refractivity contribution in [3.8, 4) is 0 Å². The van der Waals surface area contributed by atoms with E-state index >= 15 is 0 Å². The van der Waals surface area contributed by atoms with Gasteiger partial charge in [0.25, 0.3) is 0 Å². The molecule has 2 aromatic rings. The summed E-state index contributed by atoms with van der Waals surface area (Å²) in [6.45, 7) is 4.74. The second kappa shape index (κ2) is 5.93. The molecule has 4 nitrogen and oxygen atoms in total. The van der Waals surface area contributed by atoms with E-state index in [0.717, 1.165) is 17.9 Å². The number of rotatable bonds is 5. The van der Waals surface area contributed by atoms with Crippen LogP contribution in [0.3, 0.4) is 0 Å². The lowest BCUT2D eigenvalue weighted by atomic mass is 10.0. The van der Waals surface area contributed by atoms with E-state index in [9.17, 15) is 4.39 Å². The number of hydrogen-bond donors (Lipinski definition) is 1. The lowest BCUT2D eigenvalue weighted by molar-refractivity contribution is 0.504. The molecule has 5 heteroatoms. The number of benzene rings is 1. The summed E-state index contributed by atoms with van der Waals surface area (Å²) in [4.78, 5) is 4.24. The molecule has 0 saturated heterocycles. The molecule has 0 bridgehead atoms. The molecule has 1 heterocycles. The molecule has 19 heavy (non-hydrogen) atoms. The van der Waals surface area contributed by atoms with Gasteiger partial charge in [-0.05, 0) is 27.0 Å².